The first kappa shape index (κ1) is 5.28. The molecular formula is C5H7NO2. The standard InChI is InChI=1S/C5H7NO2/c7-5-3-1-2-4(5)6-8/h8H,1-3H2/b6-4-. The number of nitrogens with zero attached hydrogens (tertiary/aromatic N) is 1. The van der Waals surface area contributed by atoms with Gasteiger partial charge in [0.25, 0.3) is 0 Å². The predicted molar refractivity (Wildman–Crippen MR) is 28.1 cm³/mol. The molecule has 0 unspecified atom stereocenters. The molecule has 0 amide bonds. The van der Waals surface area contributed by atoms with E-state index in [0.29, 0.717) is 18.6 Å². The van der Waals surface area contributed by atoms with Gasteiger partial charge < -0.3 is 5.21 Å². The summed E-state index contributed by atoms with van der Waals surface area (Å²) in [5.74, 6) is -0.00694. The van der Waals surface area contributed by atoms with Crippen molar-refractivity contribution < 1.29 is 10.0 Å². The Morgan fingerprint density at radius 2 is 2.25 bits per heavy atom. The van der Waals surface area contributed by atoms with Crippen molar-refractivity contribution in [2.24, 2.45) is 5.16 Å². The minimum absolute atomic E-state index is 0.00694. The number of Topliss-reactive ketones (excluding diaryl/α,β-unsaturated/α-hetero) is 1. The van der Waals surface area contributed by atoms with Crippen molar-refractivity contribution >= 4 is 11.5 Å². The van der Waals surface area contributed by atoms with Crippen LogP contribution in [-0.4, -0.2) is 16.7 Å². The molecule has 1 saturated carbocycles. The second kappa shape index (κ2) is 1.94. The van der Waals surface area contributed by atoms with Crippen molar-refractivity contribution in [2.45, 2.75) is 19.3 Å². The fourth-order valence-corrected chi connectivity index (χ4v) is 0.806. The van der Waals surface area contributed by atoms with E-state index in [9.17, 15) is 4.79 Å². The average molecular weight is 113 g/mol. The summed E-state index contributed by atoms with van der Waals surface area (Å²) in [7, 11) is 0. The largest absolute Gasteiger partial charge is 0.411 e. The summed E-state index contributed by atoms with van der Waals surface area (Å²) in [5, 5.41) is 10.9. The lowest BCUT2D eigenvalue weighted by Crippen LogP contribution is -2.02. The van der Waals surface area contributed by atoms with Crippen LogP contribution >= 0.6 is 0 Å². The number of carbonyl (C=O) groups is 1. The fourth-order valence-electron chi connectivity index (χ4n) is 0.806. The summed E-state index contributed by atoms with van der Waals surface area (Å²) in [6.45, 7) is 0. The molecule has 1 rings (SSSR count). The zero-order valence-electron chi connectivity index (χ0n) is 4.42. The first-order valence-electron chi connectivity index (χ1n) is 2.58. The normalized spacial score (nSPS) is 25.0. The Balaban J connectivity index is 2.69. The Morgan fingerprint density at radius 3 is 2.50 bits per heavy atom. The van der Waals surface area contributed by atoms with Crippen molar-refractivity contribution in [2.75, 3.05) is 0 Å². The third kappa shape index (κ3) is 0.710. The van der Waals surface area contributed by atoms with Crippen LogP contribution in [0.4, 0.5) is 0 Å². The molecule has 0 aromatic rings. The van der Waals surface area contributed by atoms with Crippen LogP contribution in [0.1, 0.15) is 19.3 Å². The summed E-state index contributed by atoms with van der Waals surface area (Å²) in [4.78, 5) is 10.5. The highest BCUT2D eigenvalue weighted by Gasteiger charge is 2.18. The topological polar surface area (TPSA) is 49.7 Å². The minimum atomic E-state index is -0.00694. The van der Waals surface area contributed by atoms with Crippen LogP contribution in [0.15, 0.2) is 5.16 Å². The number of hydrogen-bond donors (Lipinski definition) is 1. The van der Waals surface area contributed by atoms with Gasteiger partial charge in [-0.2, -0.15) is 0 Å². The zero-order chi connectivity index (χ0) is 5.98. The molecule has 0 radical (unpaired) electrons. The number of rotatable bonds is 0. The number of oxime groups is 1. The lowest BCUT2D eigenvalue weighted by atomic mass is 10.3. The van der Waals surface area contributed by atoms with Crippen LogP contribution in [0.3, 0.4) is 0 Å². The maximum absolute atomic E-state index is 10.5. The molecule has 1 fully saturated rings. The third-order valence-corrected chi connectivity index (χ3v) is 1.26. The molecule has 1 N–H and O–H groups in total. The highest BCUT2D eigenvalue weighted by Crippen LogP contribution is 2.09. The summed E-state index contributed by atoms with van der Waals surface area (Å²) >= 11 is 0. The van der Waals surface area contributed by atoms with Gasteiger partial charge in [0, 0.05) is 6.42 Å². The van der Waals surface area contributed by atoms with Crippen LogP contribution < -0.4 is 0 Å². The van der Waals surface area contributed by atoms with E-state index in [1.807, 2.05) is 0 Å². The number of carbonyl (C=O) groups excluding carboxylic acids is 1. The van der Waals surface area contributed by atoms with Gasteiger partial charge in [-0.25, -0.2) is 0 Å². The SMILES string of the molecule is O=C1CCC/C1=N/O. The third-order valence-electron chi connectivity index (χ3n) is 1.26. The molecular weight excluding hydrogens is 106 g/mol. The molecule has 0 bridgehead atoms. The van der Waals surface area contributed by atoms with Gasteiger partial charge in [0.15, 0.2) is 5.78 Å². The van der Waals surface area contributed by atoms with Crippen LogP contribution in [0, 0.1) is 0 Å². The van der Waals surface area contributed by atoms with Crippen LogP contribution in [0.5, 0.6) is 0 Å². The molecule has 3 nitrogen and oxygen atoms in total. The molecule has 1 aliphatic rings. The first-order valence-corrected chi connectivity index (χ1v) is 2.58. The van der Waals surface area contributed by atoms with E-state index >= 15 is 0 Å². The van der Waals surface area contributed by atoms with E-state index in [2.05, 4.69) is 5.16 Å². The highest BCUT2D eigenvalue weighted by molar-refractivity contribution is 6.41. The molecule has 0 heterocycles. The van der Waals surface area contributed by atoms with Crippen molar-refractivity contribution in [1.82, 2.24) is 0 Å². The molecule has 0 aliphatic heterocycles. The average Bonchev–Trinajstić information content (AvgIpc) is 2.14. The molecule has 44 valence electrons. The molecule has 0 saturated heterocycles. The van der Waals surface area contributed by atoms with E-state index in [1.165, 1.54) is 0 Å². The molecule has 0 atom stereocenters. The van der Waals surface area contributed by atoms with Crippen molar-refractivity contribution in [3.8, 4) is 0 Å². The van der Waals surface area contributed by atoms with Gasteiger partial charge in [-0.3, -0.25) is 4.79 Å². The van der Waals surface area contributed by atoms with Gasteiger partial charge >= 0.3 is 0 Å². The Hall–Kier alpha value is -0.860. The van der Waals surface area contributed by atoms with Gasteiger partial charge in [-0.15, -0.1) is 0 Å². The zero-order valence-corrected chi connectivity index (χ0v) is 4.42. The van der Waals surface area contributed by atoms with Gasteiger partial charge in [0.2, 0.25) is 0 Å². The van der Waals surface area contributed by atoms with Gasteiger partial charge in [-0.1, -0.05) is 5.16 Å². The van der Waals surface area contributed by atoms with Crippen molar-refractivity contribution in [3.63, 3.8) is 0 Å². The van der Waals surface area contributed by atoms with Crippen LogP contribution in [0.2, 0.25) is 0 Å². The van der Waals surface area contributed by atoms with Crippen LogP contribution in [-0.2, 0) is 4.79 Å². The lowest BCUT2D eigenvalue weighted by Gasteiger charge is -1.82. The lowest BCUT2D eigenvalue weighted by molar-refractivity contribution is -0.112. The molecule has 3 heteroatoms. The highest BCUT2D eigenvalue weighted by atomic mass is 16.4. The second-order valence-corrected chi connectivity index (χ2v) is 1.82. The number of hydrogen-bond acceptors (Lipinski definition) is 3. The molecule has 0 spiro atoms. The second-order valence-electron chi connectivity index (χ2n) is 1.82. The van der Waals surface area contributed by atoms with Gasteiger partial charge in [-0.05, 0) is 12.8 Å². The van der Waals surface area contributed by atoms with E-state index in [0.717, 1.165) is 6.42 Å². The Labute approximate surface area is 47.0 Å². The molecule has 1 aliphatic carbocycles. The summed E-state index contributed by atoms with van der Waals surface area (Å²) in [6.07, 6.45) is 2.05. The Bertz CT molecular complexity index is 139. The quantitative estimate of drug-likeness (QED) is 0.369. The molecule has 0 aromatic carbocycles. The van der Waals surface area contributed by atoms with Crippen molar-refractivity contribution in [3.05, 3.63) is 0 Å². The molecule has 0 aromatic heterocycles. The van der Waals surface area contributed by atoms with E-state index in [1.54, 1.807) is 0 Å². The monoisotopic (exact) mass is 113 g/mol. The Kier molecular flexibility index (Phi) is 1.28. The first-order chi connectivity index (χ1) is 3.84. The summed E-state index contributed by atoms with van der Waals surface area (Å²) in [5.41, 5.74) is 0.338. The van der Waals surface area contributed by atoms with E-state index in [-0.39, 0.29) is 5.78 Å². The fraction of sp³-hybridized carbons (Fsp3) is 0.600. The smallest absolute Gasteiger partial charge is 0.180 e. The summed E-state index contributed by atoms with van der Waals surface area (Å²) in [6, 6.07) is 0. The molecule has 8 heavy (non-hydrogen) atoms. The maximum Gasteiger partial charge on any atom is 0.180 e. The van der Waals surface area contributed by atoms with Gasteiger partial charge in [0.1, 0.15) is 5.71 Å². The number of ketones is 1. The predicted octanol–water partition coefficient (Wildman–Crippen LogP) is 0.570. The maximum atomic E-state index is 10.5. The summed E-state index contributed by atoms with van der Waals surface area (Å²) < 4.78 is 0. The van der Waals surface area contributed by atoms with Crippen molar-refractivity contribution in [1.29, 1.82) is 0 Å². The van der Waals surface area contributed by atoms with Gasteiger partial charge in [0.05, 0.1) is 0 Å². The Morgan fingerprint density at radius 1 is 1.50 bits per heavy atom. The van der Waals surface area contributed by atoms with Crippen LogP contribution in [0.25, 0.3) is 0 Å². The van der Waals surface area contributed by atoms with E-state index in [4.69, 9.17) is 5.21 Å². The minimum Gasteiger partial charge on any atom is -0.411 e. The van der Waals surface area contributed by atoms with E-state index < -0.39 is 0 Å².